The van der Waals surface area contributed by atoms with E-state index in [4.69, 9.17) is 21.0 Å². The smallest absolute Gasteiger partial charge is 0.302 e. The van der Waals surface area contributed by atoms with E-state index in [1.54, 1.807) is 12.1 Å². The number of guanidine groups is 1. The lowest BCUT2D eigenvalue weighted by Crippen LogP contribution is -2.66. The Morgan fingerprint density at radius 1 is 1.33 bits per heavy atom. The van der Waals surface area contributed by atoms with E-state index in [9.17, 15) is 0 Å². The van der Waals surface area contributed by atoms with Crippen molar-refractivity contribution in [3.63, 3.8) is 0 Å². The Labute approximate surface area is 145 Å². The van der Waals surface area contributed by atoms with Gasteiger partial charge in [0, 0.05) is 18.6 Å². The maximum absolute atomic E-state index is 6.02. The summed E-state index contributed by atoms with van der Waals surface area (Å²) in [5.74, 6) is 1.57. The van der Waals surface area contributed by atoms with Crippen molar-refractivity contribution in [1.29, 1.82) is 0 Å². The van der Waals surface area contributed by atoms with Gasteiger partial charge in [-0.25, -0.2) is 0 Å². The van der Waals surface area contributed by atoms with Gasteiger partial charge in [-0.05, 0) is 50.0 Å². The zero-order valence-electron chi connectivity index (χ0n) is 13.6. The van der Waals surface area contributed by atoms with Crippen molar-refractivity contribution in [2.75, 3.05) is 38.5 Å². The van der Waals surface area contributed by atoms with Gasteiger partial charge in [-0.15, -0.1) is 0 Å². The quantitative estimate of drug-likeness (QED) is 0.861. The predicted octanol–water partition coefficient (Wildman–Crippen LogP) is 2.66. The minimum Gasteiger partial charge on any atom is -0.423 e. The van der Waals surface area contributed by atoms with Crippen molar-refractivity contribution in [2.45, 2.75) is 18.4 Å². The Morgan fingerprint density at radius 3 is 2.92 bits per heavy atom. The number of likely N-dealkylation sites (N-methyl/N-ethyl adjacent to an activating group) is 1. The molecule has 3 saturated heterocycles. The van der Waals surface area contributed by atoms with Crippen molar-refractivity contribution in [2.24, 2.45) is 10.9 Å². The van der Waals surface area contributed by atoms with Gasteiger partial charge in [-0.2, -0.15) is 4.98 Å². The zero-order valence-corrected chi connectivity index (χ0v) is 14.4. The van der Waals surface area contributed by atoms with Gasteiger partial charge in [-0.1, -0.05) is 11.6 Å². The van der Waals surface area contributed by atoms with Crippen molar-refractivity contribution >= 4 is 34.7 Å². The van der Waals surface area contributed by atoms with E-state index in [0.29, 0.717) is 11.0 Å². The third-order valence-electron chi connectivity index (χ3n) is 5.90. The molecule has 1 spiro atoms. The topological polar surface area (TPSA) is 56.9 Å². The number of aliphatic imine (C=N–C) groups is 1. The summed E-state index contributed by atoms with van der Waals surface area (Å²) in [7, 11) is 2.14. The fourth-order valence-electron chi connectivity index (χ4n) is 4.51. The molecule has 0 aliphatic carbocycles. The number of oxazole rings is 1. The van der Waals surface area contributed by atoms with E-state index in [1.807, 2.05) is 6.07 Å². The molecule has 0 saturated carbocycles. The molecule has 5 heterocycles. The maximum Gasteiger partial charge on any atom is 0.302 e. The summed E-state index contributed by atoms with van der Waals surface area (Å²) in [4.78, 5) is 14.1. The Hall–Kier alpha value is -1.79. The SMILES string of the molecule is CN1C(Nc2nc3cc(Cl)ccc3o2)=NCC12CN1CCC2CC1. The minimum absolute atomic E-state index is 0.133. The Morgan fingerprint density at radius 2 is 2.17 bits per heavy atom. The maximum atomic E-state index is 6.02. The molecule has 7 heteroatoms. The van der Waals surface area contributed by atoms with Gasteiger partial charge in [0.15, 0.2) is 5.58 Å². The highest BCUT2D eigenvalue weighted by molar-refractivity contribution is 6.31. The zero-order chi connectivity index (χ0) is 16.3. The van der Waals surface area contributed by atoms with Crippen LogP contribution in [0.1, 0.15) is 12.8 Å². The van der Waals surface area contributed by atoms with Crippen LogP contribution in [0.4, 0.5) is 6.01 Å². The second-order valence-electron chi connectivity index (χ2n) is 7.11. The Bertz CT molecular complexity index is 825. The molecule has 1 atom stereocenters. The number of hydrogen-bond donors (Lipinski definition) is 1. The third kappa shape index (κ3) is 2.06. The molecule has 1 unspecified atom stereocenters. The fourth-order valence-corrected chi connectivity index (χ4v) is 4.68. The number of benzene rings is 1. The standard InChI is InChI=1S/C17H20ClN5O/c1-22-15(19-9-17(22)10-23-6-4-11(17)5-7-23)21-16-20-13-8-12(18)2-3-14(13)24-16/h2-3,8,11H,4-7,9-10H2,1H3,(H,19,20,21). The summed E-state index contributed by atoms with van der Waals surface area (Å²) in [6.45, 7) is 4.41. The van der Waals surface area contributed by atoms with Crippen LogP contribution >= 0.6 is 11.6 Å². The average Bonchev–Trinajstić information content (AvgIpc) is 3.12. The largest absolute Gasteiger partial charge is 0.423 e. The van der Waals surface area contributed by atoms with Crippen molar-refractivity contribution in [3.05, 3.63) is 23.2 Å². The number of hydrogen-bond acceptors (Lipinski definition) is 6. The van der Waals surface area contributed by atoms with E-state index < -0.39 is 0 Å². The van der Waals surface area contributed by atoms with E-state index >= 15 is 0 Å². The van der Waals surface area contributed by atoms with E-state index in [2.05, 4.69) is 27.1 Å². The van der Waals surface area contributed by atoms with E-state index in [0.717, 1.165) is 36.1 Å². The summed E-state index contributed by atoms with van der Waals surface area (Å²) in [6.07, 6.45) is 2.54. The van der Waals surface area contributed by atoms with Gasteiger partial charge in [0.1, 0.15) is 5.52 Å². The second-order valence-corrected chi connectivity index (χ2v) is 7.55. The molecule has 0 amide bonds. The molecule has 1 aromatic heterocycles. The lowest BCUT2D eigenvalue weighted by atomic mass is 9.72. The van der Waals surface area contributed by atoms with Gasteiger partial charge in [0.25, 0.3) is 0 Å². The summed E-state index contributed by atoms with van der Waals surface area (Å²) in [6, 6.07) is 5.92. The van der Waals surface area contributed by atoms with E-state index in [1.165, 1.54) is 25.9 Å². The normalized spacial score (nSPS) is 31.9. The molecular weight excluding hydrogens is 326 g/mol. The fraction of sp³-hybridized carbons (Fsp3) is 0.529. The number of nitrogens with zero attached hydrogens (tertiary/aromatic N) is 4. The first-order chi connectivity index (χ1) is 11.6. The summed E-state index contributed by atoms with van der Waals surface area (Å²) in [5.41, 5.74) is 1.61. The molecule has 1 N–H and O–H groups in total. The monoisotopic (exact) mass is 345 g/mol. The lowest BCUT2D eigenvalue weighted by molar-refractivity contribution is -0.0199. The summed E-state index contributed by atoms with van der Waals surface area (Å²) < 4.78 is 5.77. The number of fused-ring (bicyclic) bond motifs is 3. The number of piperidine rings is 3. The molecule has 2 aromatic rings. The number of aromatic nitrogens is 1. The van der Waals surface area contributed by atoms with Gasteiger partial charge < -0.3 is 14.2 Å². The molecule has 4 aliphatic heterocycles. The van der Waals surface area contributed by atoms with Crippen LogP contribution in [0, 0.1) is 5.92 Å². The van der Waals surface area contributed by atoms with Crippen LogP contribution in [-0.4, -0.2) is 59.5 Å². The predicted molar refractivity (Wildman–Crippen MR) is 94.6 cm³/mol. The minimum atomic E-state index is 0.133. The van der Waals surface area contributed by atoms with Crippen molar-refractivity contribution in [3.8, 4) is 0 Å². The van der Waals surface area contributed by atoms with Crippen molar-refractivity contribution < 1.29 is 4.42 Å². The van der Waals surface area contributed by atoms with Gasteiger partial charge >= 0.3 is 6.01 Å². The molecule has 2 bridgehead atoms. The van der Waals surface area contributed by atoms with Gasteiger partial charge in [-0.3, -0.25) is 10.3 Å². The molecule has 1 aromatic carbocycles. The molecule has 6 rings (SSSR count). The van der Waals surface area contributed by atoms with Crippen LogP contribution in [0.3, 0.4) is 0 Å². The van der Waals surface area contributed by atoms with Crippen LogP contribution in [0.15, 0.2) is 27.6 Å². The number of rotatable bonds is 1. The van der Waals surface area contributed by atoms with Crippen LogP contribution in [0.5, 0.6) is 0 Å². The van der Waals surface area contributed by atoms with E-state index in [-0.39, 0.29) is 5.54 Å². The molecule has 24 heavy (non-hydrogen) atoms. The summed E-state index contributed by atoms with van der Waals surface area (Å²) in [5, 5.41) is 3.92. The molecular formula is C17H20ClN5O. The second kappa shape index (κ2) is 5.10. The highest BCUT2D eigenvalue weighted by atomic mass is 35.5. The number of halogens is 1. The lowest BCUT2D eigenvalue weighted by Gasteiger charge is -2.54. The first kappa shape index (κ1) is 14.5. The number of nitrogens with one attached hydrogen (secondary N) is 1. The highest BCUT2D eigenvalue weighted by Gasteiger charge is 2.52. The first-order valence-electron chi connectivity index (χ1n) is 8.48. The van der Waals surface area contributed by atoms with Gasteiger partial charge in [0.2, 0.25) is 5.96 Å². The van der Waals surface area contributed by atoms with Crippen LogP contribution in [-0.2, 0) is 0 Å². The third-order valence-corrected chi connectivity index (χ3v) is 6.14. The Balaban J connectivity index is 1.39. The first-order valence-corrected chi connectivity index (χ1v) is 8.86. The molecule has 0 radical (unpaired) electrons. The van der Waals surface area contributed by atoms with Gasteiger partial charge in [0.05, 0.1) is 12.1 Å². The van der Waals surface area contributed by atoms with Crippen LogP contribution in [0.25, 0.3) is 11.1 Å². The van der Waals surface area contributed by atoms with Crippen LogP contribution < -0.4 is 5.32 Å². The van der Waals surface area contributed by atoms with Crippen LogP contribution in [0.2, 0.25) is 5.02 Å². The molecule has 4 aliphatic rings. The Kier molecular flexibility index (Phi) is 3.09. The average molecular weight is 346 g/mol. The molecule has 126 valence electrons. The molecule has 6 nitrogen and oxygen atoms in total. The highest BCUT2D eigenvalue weighted by Crippen LogP contribution is 2.42. The molecule has 3 fully saturated rings. The summed E-state index contributed by atoms with van der Waals surface area (Å²) >= 11 is 6.02. The number of anilines is 1. The van der Waals surface area contributed by atoms with Crippen molar-refractivity contribution in [1.82, 2.24) is 14.8 Å².